The zero-order valence-corrected chi connectivity index (χ0v) is 11.2. The maximum Gasteiger partial charge on any atom is 0.0675 e. The minimum atomic E-state index is 0.191. The second-order valence-corrected chi connectivity index (χ2v) is 5.68. The Kier molecular flexibility index (Phi) is 3.14. The molecule has 3 rings (SSSR count). The predicted octanol–water partition coefficient (Wildman–Crippen LogP) is 2.24. The summed E-state index contributed by atoms with van der Waals surface area (Å²) in [6.45, 7) is 6.24. The smallest absolute Gasteiger partial charge is 0.0675 e. The van der Waals surface area contributed by atoms with Crippen molar-refractivity contribution < 1.29 is 4.74 Å². The quantitative estimate of drug-likeness (QED) is 0.826. The number of fused-ring (bicyclic) bond motifs is 1. The Balaban J connectivity index is 1.89. The highest BCUT2D eigenvalue weighted by Gasteiger charge is 2.36. The highest BCUT2D eigenvalue weighted by atomic mass is 16.5. The standard InChI is InChI=1S/C15H22N2O/c1-10-9-18-11(2)8-17(10)15-7-14(16)12-5-3-4-6-13(12)15/h3-6,10-11,14-15H,7-9,16H2,1-2H3. The Hall–Kier alpha value is -0.900. The second kappa shape index (κ2) is 4.65. The van der Waals surface area contributed by atoms with E-state index < -0.39 is 0 Å². The van der Waals surface area contributed by atoms with Crippen LogP contribution < -0.4 is 5.73 Å². The molecule has 4 unspecified atom stereocenters. The van der Waals surface area contributed by atoms with Crippen molar-refractivity contribution in [3.63, 3.8) is 0 Å². The number of morpholine rings is 1. The van der Waals surface area contributed by atoms with Crippen LogP contribution in [0.1, 0.15) is 43.5 Å². The van der Waals surface area contributed by atoms with E-state index in [1.54, 1.807) is 0 Å². The van der Waals surface area contributed by atoms with Gasteiger partial charge in [0.15, 0.2) is 0 Å². The molecule has 0 bridgehead atoms. The van der Waals surface area contributed by atoms with Crippen molar-refractivity contribution in [3.05, 3.63) is 35.4 Å². The van der Waals surface area contributed by atoms with Crippen molar-refractivity contribution in [2.24, 2.45) is 5.73 Å². The Morgan fingerprint density at radius 1 is 1.22 bits per heavy atom. The molecule has 2 aliphatic rings. The molecule has 18 heavy (non-hydrogen) atoms. The van der Waals surface area contributed by atoms with E-state index >= 15 is 0 Å². The fourth-order valence-corrected chi connectivity index (χ4v) is 3.32. The van der Waals surface area contributed by atoms with Crippen molar-refractivity contribution in [2.75, 3.05) is 13.2 Å². The summed E-state index contributed by atoms with van der Waals surface area (Å²) in [4.78, 5) is 2.57. The second-order valence-electron chi connectivity index (χ2n) is 5.68. The number of benzene rings is 1. The average Bonchev–Trinajstić information content (AvgIpc) is 2.71. The lowest BCUT2D eigenvalue weighted by molar-refractivity contribution is -0.0670. The van der Waals surface area contributed by atoms with Crippen LogP contribution in [0, 0.1) is 0 Å². The molecule has 1 heterocycles. The number of hydrogen-bond acceptors (Lipinski definition) is 3. The molecule has 1 aromatic carbocycles. The van der Waals surface area contributed by atoms with Gasteiger partial charge in [-0.15, -0.1) is 0 Å². The monoisotopic (exact) mass is 246 g/mol. The van der Waals surface area contributed by atoms with Crippen LogP contribution in [0.2, 0.25) is 0 Å². The van der Waals surface area contributed by atoms with E-state index in [0.29, 0.717) is 18.2 Å². The fraction of sp³-hybridized carbons (Fsp3) is 0.600. The minimum absolute atomic E-state index is 0.191. The van der Waals surface area contributed by atoms with E-state index in [1.807, 2.05) is 0 Å². The van der Waals surface area contributed by atoms with Crippen molar-refractivity contribution >= 4 is 0 Å². The molecule has 0 saturated carbocycles. The zero-order valence-electron chi connectivity index (χ0n) is 11.2. The van der Waals surface area contributed by atoms with Gasteiger partial charge >= 0.3 is 0 Å². The number of hydrogen-bond donors (Lipinski definition) is 1. The highest BCUT2D eigenvalue weighted by molar-refractivity contribution is 5.37. The molecule has 0 amide bonds. The van der Waals surface area contributed by atoms with Gasteiger partial charge in [-0.2, -0.15) is 0 Å². The van der Waals surface area contributed by atoms with Gasteiger partial charge < -0.3 is 10.5 Å². The van der Waals surface area contributed by atoms with Crippen LogP contribution in [0.3, 0.4) is 0 Å². The Labute approximate surface area is 109 Å². The molecule has 0 spiro atoms. The summed E-state index contributed by atoms with van der Waals surface area (Å²) in [6.07, 6.45) is 1.36. The van der Waals surface area contributed by atoms with Gasteiger partial charge in [0.2, 0.25) is 0 Å². The fourth-order valence-electron chi connectivity index (χ4n) is 3.32. The Morgan fingerprint density at radius 2 is 1.94 bits per heavy atom. The summed E-state index contributed by atoms with van der Waals surface area (Å²) >= 11 is 0. The van der Waals surface area contributed by atoms with Gasteiger partial charge in [0, 0.05) is 24.7 Å². The summed E-state index contributed by atoms with van der Waals surface area (Å²) in [5.74, 6) is 0. The summed E-state index contributed by atoms with van der Waals surface area (Å²) in [5, 5.41) is 0. The van der Waals surface area contributed by atoms with Crippen LogP contribution in [0.15, 0.2) is 24.3 Å². The van der Waals surface area contributed by atoms with E-state index in [0.717, 1.165) is 19.6 Å². The molecule has 0 radical (unpaired) electrons. The summed E-state index contributed by atoms with van der Waals surface area (Å²) in [7, 11) is 0. The van der Waals surface area contributed by atoms with Crippen molar-refractivity contribution in [3.8, 4) is 0 Å². The number of rotatable bonds is 1. The third kappa shape index (κ3) is 1.96. The third-order valence-electron chi connectivity index (χ3n) is 4.29. The van der Waals surface area contributed by atoms with Gasteiger partial charge in [0.1, 0.15) is 0 Å². The maximum atomic E-state index is 6.27. The minimum Gasteiger partial charge on any atom is -0.376 e. The topological polar surface area (TPSA) is 38.5 Å². The van der Waals surface area contributed by atoms with E-state index in [9.17, 15) is 0 Å². The molecule has 1 saturated heterocycles. The van der Waals surface area contributed by atoms with Crippen molar-refractivity contribution in [1.82, 2.24) is 4.90 Å². The molecule has 4 atom stereocenters. The van der Waals surface area contributed by atoms with Crippen LogP contribution in [0.25, 0.3) is 0 Å². The third-order valence-corrected chi connectivity index (χ3v) is 4.29. The molecule has 3 nitrogen and oxygen atoms in total. The molecule has 1 aliphatic heterocycles. The van der Waals surface area contributed by atoms with Gasteiger partial charge in [-0.25, -0.2) is 0 Å². The highest BCUT2D eigenvalue weighted by Crippen LogP contribution is 2.42. The Bertz CT molecular complexity index is 434. The summed E-state index contributed by atoms with van der Waals surface area (Å²) in [6, 6.07) is 9.76. The maximum absolute atomic E-state index is 6.27. The van der Waals surface area contributed by atoms with Crippen LogP contribution in [0.5, 0.6) is 0 Å². The number of nitrogens with two attached hydrogens (primary N) is 1. The van der Waals surface area contributed by atoms with E-state index in [2.05, 4.69) is 43.0 Å². The SMILES string of the molecule is CC1CN(C2CC(N)c3ccccc32)C(C)CO1. The van der Waals surface area contributed by atoms with Gasteiger partial charge in [-0.05, 0) is 31.4 Å². The zero-order chi connectivity index (χ0) is 12.7. The molecule has 1 fully saturated rings. The van der Waals surface area contributed by atoms with Gasteiger partial charge in [-0.1, -0.05) is 24.3 Å². The summed E-state index contributed by atoms with van der Waals surface area (Å²) < 4.78 is 5.72. The molecule has 98 valence electrons. The molecule has 1 aromatic rings. The molecule has 3 heteroatoms. The molecular weight excluding hydrogens is 224 g/mol. The lowest BCUT2D eigenvalue weighted by Gasteiger charge is -2.41. The summed E-state index contributed by atoms with van der Waals surface area (Å²) in [5.41, 5.74) is 9.02. The Morgan fingerprint density at radius 3 is 2.72 bits per heavy atom. The molecule has 2 N–H and O–H groups in total. The number of ether oxygens (including phenoxy) is 1. The molecule has 0 aromatic heterocycles. The number of nitrogens with zero attached hydrogens (tertiary/aromatic N) is 1. The van der Waals surface area contributed by atoms with E-state index in [4.69, 9.17) is 10.5 Å². The van der Waals surface area contributed by atoms with Gasteiger partial charge in [0.05, 0.1) is 12.7 Å². The first-order chi connectivity index (χ1) is 8.66. The van der Waals surface area contributed by atoms with Crippen LogP contribution in [0.4, 0.5) is 0 Å². The van der Waals surface area contributed by atoms with E-state index in [-0.39, 0.29) is 6.04 Å². The average molecular weight is 246 g/mol. The van der Waals surface area contributed by atoms with Crippen LogP contribution in [-0.2, 0) is 4.74 Å². The van der Waals surface area contributed by atoms with Crippen LogP contribution in [-0.4, -0.2) is 30.2 Å². The molecular formula is C15H22N2O. The first-order valence-electron chi connectivity index (χ1n) is 6.88. The van der Waals surface area contributed by atoms with Gasteiger partial charge in [0.25, 0.3) is 0 Å². The van der Waals surface area contributed by atoms with Crippen LogP contribution >= 0.6 is 0 Å². The van der Waals surface area contributed by atoms with E-state index in [1.165, 1.54) is 11.1 Å². The van der Waals surface area contributed by atoms with Crippen molar-refractivity contribution in [1.29, 1.82) is 0 Å². The largest absolute Gasteiger partial charge is 0.376 e. The first-order valence-corrected chi connectivity index (χ1v) is 6.88. The molecule has 1 aliphatic carbocycles. The predicted molar refractivity (Wildman–Crippen MR) is 72.3 cm³/mol. The van der Waals surface area contributed by atoms with Crippen molar-refractivity contribution in [2.45, 2.75) is 44.5 Å². The van der Waals surface area contributed by atoms with Gasteiger partial charge in [-0.3, -0.25) is 4.90 Å². The normalized spacial score (nSPS) is 36.6. The lowest BCUT2D eigenvalue weighted by atomic mass is 10.0. The lowest BCUT2D eigenvalue weighted by Crippen LogP contribution is -2.48. The first kappa shape index (κ1) is 12.2.